The topological polar surface area (TPSA) is 82.3 Å². The quantitative estimate of drug-likeness (QED) is 0.259. The molecule has 2 aromatic heterocycles. The van der Waals surface area contributed by atoms with Gasteiger partial charge in [0.15, 0.2) is 27.4 Å². The van der Waals surface area contributed by atoms with Crippen LogP contribution in [0.15, 0.2) is 24.3 Å². The summed E-state index contributed by atoms with van der Waals surface area (Å²) in [6.45, 7) is 22.5. The molecule has 0 saturated heterocycles. The lowest BCUT2D eigenvalue weighted by Gasteiger charge is -2.43. The lowest BCUT2D eigenvalue weighted by Crippen LogP contribution is -2.50. The van der Waals surface area contributed by atoms with Crippen molar-refractivity contribution in [1.29, 1.82) is 0 Å². The van der Waals surface area contributed by atoms with Crippen LogP contribution in [-0.2, 0) is 8.85 Å². The number of fused-ring (bicyclic) bond motifs is 2. The van der Waals surface area contributed by atoms with E-state index in [1.54, 1.807) is 6.33 Å². The van der Waals surface area contributed by atoms with Crippen LogP contribution in [-0.4, -0.2) is 59.6 Å². The second-order valence-electron chi connectivity index (χ2n) is 13.5. The molecule has 10 heteroatoms. The van der Waals surface area contributed by atoms with E-state index in [0.29, 0.717) is 16.3 Å². The molecular formula is C26H43ClN4O3Si2. The summed E-state index contributed by atoms with van der Waals surface area (Å²) in [7, 11) is -4.27. The van der Waals surface area contributed by atoms with Crippen molar-refractivity contribution in [2.75, 3.05) is 0 Å². The van der Waals surface area contributed by atoms with E-state index in [9.17, 15) is 5.11 Å². The molecule has 0 aliphatic heterocycles. The van der Waals surface area contributed by atoms with E-state index in [-0.39, 0.29) is 28.1 Å². The SMILES string of the molecule is CC(C)(C)[Si](C)(C)OC1CCC=C2[C@H]1[C@@H](O)C(O[Si](C)(C)C(C)(C)C)[C@@H]2n1cnc2c(Cl)ncnc21. The molecule has 5 atom stereocenters. The van der Waals surface area contributed by atoms with Gasteiger partial charge in [0.25, 0.3) is 0 Å². The highest BCUT2D eigenvalue weighted by Crippen LogP contribution is 2.52. The second kappa shape index (κ2) is 9.27. The van der Waals surface area contributed by atoms with Crippen molar-refractivity contribution in [3.8, 4) is 0 Å². The van der Waals surface area contributed by atoms with Gasteiger partial charge >= 0.3 is 0 Å². The second-order valence-corrected chi connectivity index (χ2v) is 23.4. The number of aliphatic hydroxyl groups is 1. The van der Waals surface area contributed by atoms with Gasteiger partial charge in [-0.25, -0.2) is 15.0 Å². The minimum Gasteiger partial charge on any atom is -0.413 e. The largest absolute Gasteiger partial charge is 0.413 e. The normalized spacial score (nSPS) is 27.9. The predicted octanol–water partition coefficient (Wildman–Crippen LogP) is 6.51. The number of hydrogen-bond donors (Lipinski definition) is 1. The van der Waals surface area contributed by atoms with Crippen LogP contribution < -0.4 is 0 Å². The molecule has 1 N–H and O–H groups in total. The lowest BCUT2D eigenvalue weighted by molar-refractivity contribution is -0.0170. The Morgan fingerprint density at radius 3 is 2.19 bits per heavy atom. The summed E-state index contributed by atoms with van der Waals surface area (Å²) in [5.41, 5.74) is 2.38. The van der Waals surface area contributed by atoms with Gasteiger partial charge in [0.2, 0.25) is 0 Å². The van der Waals surface area contributed by atoms with Crippen LogP contribution >= 0.6 is 11.6 Å². The fourth-order valence-corrected chi connectivity index (χ4v) is 7.80. The highest BCUT2D eigenvalue weighted by molar-refractivity contribution is 6.74. The molecule has 1 saturated carbocycles. The van der Waals surface area contributed by atoms with Gasteiger partial charge in [-0.3, -0.25) is 0 Å². The number of nitrogens with zero attached hydrogens (tertiary/aromatic N) is 4. The van der Waals surface area contributed by atoms with E-state index in [4.69, 9.17) is 20.5 Å². The van der Waals surface area contributed by atoms with Crippen LogP contribution in [0.5, 0.6) is 0 Å². The number of aromatic nitrogens is 4. The van der Waals surface area contributed by atoms with E-state index in [1.165, 1.54) is 6.33 Å². The van der Waals surface area contributed by atoms with Crippen LogP contribution in [0.4, 0.5) is 0 Å². The van der Waals surface area contributed by atoms with Crippen LogP contribution in [0.3, 0.4) is 0 Å². The monoisotopic (exact) mass is 550 g/mol. The fourth-order valence-electron chi connectivity index (χ4n) is 4.94. The predicted molar refractivity (Wildman–Crippen MR) is 150 cm³/mol. The van der Waals surface area contributed by atoms with Gasteiger partial charge in [-0.15, -0.1) is 0 Å². The molecule has 7 nitrogen and oxygen atoms in total. The van der Waals surface area contributed by atoms with Gasteiger partial charge in [-0.05, 0) is 54.7 Å². The number of rotatable bonds is 5. The highest BCUT2D eigenvalue weighted by Gasteiger charge is 2.56. The van der Waals surface area contributed by atoms with Gasteiger partial charge in [-0.1, -0.05) is 59.2 Å². The van der Waals surface area contributed by atoms with E-state index < -0.39 is 28.8 Å². The molecule has 2 aromatic rings. The molecule has 1 fully saturated rings. The van der Waals surface area contributed by atoms with E-state index >= 15 is 0 Å². The summed E-state index contributed by atoms with van der Waals surface area (Å²) in [6, 6.07) is -0.235. The minimum absolute atomic E-state index is 0.00105. The Kier molecular flexibility index (Phi) is 7.19. The third kappa shape index (κ3) is 4.75. The van der Waals surface area contributed by atoms with Crippen molar-refractivity contribution in [2.45, 2.75) is 115 Å². The first kappa shape index (κ1) is 27.9. The standard InChI is InChI=1S/C26H43ClN4O3Si2/c1-25(2,3)35(7,8)33-17-13-11-12-16-18(17)21(32)22(34-36(9,10)26(4,5)6)20(16)31-15-30-19-23(27)28-14-29-24(19)31/h12,14-15,17-18,20-22,32H,11,13H2,1-10H3/t17?,18-,20-,21-,22?/m1/s1. The molecule has 2 unspecified atom stereocenters. The Labute approximate surface area is 222 Å². The van der Waals surface area contributed by atoms with Gasteiger partial charge in [0.1, 0.15) is 11.8 Å². The van der Waals surface area contributed by atoms with Crippen LogP contribution in [0.25, 0.3) is 11.2 Å². The first-order valence-corrected chi connectivity index (χ1v) is 19.2. The Balaban J connectivity index is 1.81. The maximum absolute atomic E-state index is 12.0. The number of hydrogen-bond acceptors (Lipinski definition) is 6. The first-order valence-electron chi connectivity index (χ1n) is 13.0. The van der Waals surface area contributed by atoms with Crippen molar-refractivity contribution in [3.63, 3.8) is 0 Å². The minimum atomic E-state index is -2.22. The number of aliphatic hydroxyl groups excluding tert-OH is 1. The van der Waals surface area contributed by atoms with Gasteiger partial charge < -0.3 is 18.5 Å². The zero-order valence-electron chi connectivity index (χ0n) is 23.5. The third-order valence-corrected chi connectivity index (χ3v) is 18.3. The van der Waals surface area contributed by atoms with Crippen molar-refractivity contribution < 1.29 is 14.0 Å². The molecule has 0 amide bonds. The lowest BCUT2D eigenvalue weighted by atomic mass is 9.85. The zero-order valence-corrected chi connectivity index (χ0v) is 26.2. The summed E-state index contributed by atoms with van der Waals surface area (Å²) in [5, 5.41) is 12.4. The summed E-state index contributed by atoms with van der Waals surface area (Å²) in [6.07, 6.45) is 6.15. The Hall–Kier alpha value is -1.11. The Morgan fingerprint density at radius 1 is 0.972 bits per heavy atom. The first-order chi connectivity index (χ1) is 16.5. The van der Waals surface area contributed by atoms with E-state index in [1.807, 2.05) is 4.57 Å². The maximum atomic E-state index is 12.0. The van der Waals surface area contributed by atoms with E-state index in [0.717, 1.165) is 18.4 Å². The Bertz CT molecular complexity index is 1150. The molecule has 0 aromatic carbocycles. The summed E-state index contributed by atoms with van der Waals surface area (Å²) < 4.78 is 16.0. The van der Waals surface area contributed by atoms with Gasteiger partial charge in [-0.2, -0.15) is 0 Å². The molecule has 2 heterocycles. The molecule has 4 rings (SSSR count). The molecule has 0 spiro atoms. The summed E-state index contributed by atoms with van der Waals surface area (Å²) in [4.78, 5) is 13.2. The molecule has 2 aliphatic rings. The van der Waals surface area contributed by atoms with Crippen LogP contribution in [0, 0.1) is 5.92 Å². The third-order valence-electron chi connectivity index (χ3n) is 9.08. The summed E-state index contributed by atoms with van der Waals surface area (Å²) in [5.74, 6) is -0.137. The van der Waals surface area contributed by atoms with Crippen LogP contribution in [0.2, 0.25) is 41.4 Å². The highest BCUT2D eigenvalue weighted by atomic mass is 35.5. The number of halogens is 1. The zero-order chi connectivity index (χ0) is 26.8. The summed E-state index contributed by atoms with van der Waals surface area (Å²) >= 11 is 6.35. The molecule has 0 bridgehead atoms. The van der Waals surface area contributed by atoms with Crippen LogP contribution in [0.1, 0.15) is 60.4 Å². The molecule has 200 valence electrons. The number of allylic oxidation sites excluding steroid dienone is 1. The van der Waals surface area contributed by atoms with Crippen molar-refractivity contribution in [1.82, 2.24) is 19.5 Å². The van der Waals surface area contributed by atoms with Gasteiger partial charge in [0.05, 0.1) is 30.7 Å². The van der Waals surface area contributed by atoms with Crippen molar-refractivity contribution in [3.05, 3.63) is 29.5 Å². The molecule has 0 radical (unpaired) electrons. The molecule has 36 heavy (non-hydrogen) atoms. The maximum Gasteiger partial charge on any atom is 0.192 e. The smallest absolute Gasteiger partial charge is 0.192 e. The Morgan fingerprint density at radius 2 is 1.58 bits per heavy atom. The fraction of sp³-hybridized carbons (Fsp3) is 0.731. The average molecular weight is 551 g/mol. The molecular weight excluding hydrogens is 508 g/mol. The van der Waals surface area contributed by atoms with Crippen molar-refractivity contribution in [2.24, 2.45) is 5.92 Å². The molecule has 2 aliphatic carbocycles. The van der Waals surface area contributed by atoms with Crippen molar-refractivity contribution >= 4 is 39.4 Å². The van der Waals surface area contributed by atoms with E-state index in [2.05, 4.69) is 88.8 Å². The average Bonchev–Trinajstić information content (AvgIpc) is 3.27. The van der Waals surface area contributed by atoms with Gasteiger partial charge in [0, 0.05) is 5.92 Å². The number of imidazole rings is 1.